The number of azide groups is 1. The Morgan fingerprint density at radius 1 is 1.43 bits per heavy atom. The van der Waals surface area contributed by atoms with Crippen molar-refractivity contribution in [2.75, 3.05) is 13.1 Å². The molecule has 0 radical (unpaired) electrons. The lowest BCUT2D eigenvalue weighted by Gasteiger charge is -2.23. The van der Waals surface area contributed by atoms with Crippen LogP contribution in [0.3, 0.4) is 0 Å². The van der Waals surface area contributed by atoms with Gasteiger partial charge in [-0.2, -0.15) is 0 Å². The summed E-state index contributed by atoms with van der Waals surface area (Å²) < 4.78 is 0. The molecular weight excluding hydrogens is 318 g/mol. The fourth-order valence-electron chi connectivity index (χ4n) is 2.66. The van der Waals surface area contributed by atoms with Gasteiger partial charge in [0.2, 0.25) is 11.8 Å². The highest BCUT2D eigenvalue weighted by Gasteiger charge is 2.37. The highest BCUT2D eigenvalue weighted by atomic mass is 35.5. The zero-order valence-corrected chi connectivity index (χ0v) is 13.5. The predicted octanol–water partition coefficient (Wildman–Crippen LogP) is 2.50. The van der Waals surface area contributed by atoms with Gasteiger partial charge in [-0.05, 0) is 35.6 Å². The molecule has 0 aromatic heterocycles. The fourth-order valence-corrected chi connectivity index (χ4v) is 2.79. The van der Waals surface area contributed by atoms with Crippen LogP contribution in [0.4, 0.5) is 0 Å². The minimum atomic E-state index is -0.515. The van der Waals surface area contributed by atoms with E-state index in [4.69, 9.17) is 17.1 Å². The van der Waals surface area contributed by atoms with E-state index < -0.39 is 6.04 Å². The summed E-state index contributed by atoms with van der Waals surface area (Å²) in [6.07, 6.45) is 0.606. The van der Waals surface area contributed by atoms with E-state index in [1.165, 1.54) is 4.90 Å². The maximum absolute atomic E-state index is 12.4. The minimum absolute atomic E-state index is 0.196. The van der Waals surface area contributed by atoms with Crippen molar-refractivity contribution >= 4 is 23.4 Å². The van der Waals surface area contributed by atoms with E-state index in [2.05, 4.69) is 15.3 Å². The molecule has 2 amide bonds. The molecule has 1 aliphatic rings. The number of hydrogen-bond acceptors (Lipinski definition) is 3. The standard InChI is InChI=1S/C15H18ClN5O2/c1-10-6-13(21(9-10)14(22)8-19-20-17)15(23)18-7-11-2-4-12(16)5-3-11/h2-5,10,13H,6-9H2,1H3,(H,18,23)/t10-,13+/m1/s1. The van der Waals surface area contributed by atoms with Crippen LogP contribution in [0, 0.1) is 5.92 Å². The van der Waals surface area contributed by atoms with Crippen molar-refractivity contribution in [2.24, 2.45) is 11.0 Å². The second-order valence-corrected chi connectivity index (χ2v) is 6.07. The normalized spacial score (nSPS) is 20.0. The van der Waals surface area contributed by atoms with Crippen LogP contribution < -0.4 is 5.32 Å². The van der Waals surface area contributed by atoms with E-state index in [9.17, 15) is 9.59 Å². The van der Waals surface area contributed by atoms with Gasteiger partial charge >= 0.3 is 0 Å². The molecule has 1 fully saturated rings. The molecule has 0 unspecified atom stereocenters. The van der Waals surface area contributed by atoms with Crippen molar-refractivity contribution in [1.29, 1.82) is 0 Å². The van der Waals surface area contributed by atoms with Crippen LogP contribution in [-0.4, -0.2) is 35.8 Å². The molecular formula is C15H18ClN5O2. The number of rotatable bonds is 5. The van der Waals surface area contributed by atoms with Crippen molar-refractivity contribution in [2.45, 2.75) is 25.9 Å². The molecule has 7 nitrogen and oxygen atoms in total. The van der Waals surface area contributed by atoms with Crippen LogP contribution in [0.1, 0.15) is 18.9 Å². The fraction of sp³-hybridized carbons (Fsp3) is 0.467. The quantitative estimate of drug-likeness (QED) is 0.508. The number of nitrogens with one attached hydrogen (secondary N) is 1. The first-order valence-electron chi connectivity index (χ1n) is 7.33. The van der Waals surface area contributed by atoms with Gasteiger partial charge in [-0.15, -0.1) is 0 Å². The number of nitrogens with zero attached hydrogens (tertiary/aromatic N) is 4. The second kappa shape index (κ2) is 7.85. The summed E-state index contributed by atoms with van der Waals surface area (Å²) in [7, 11) is 0. The predicted molar refractivity (Wildman–Crippen MR) is 86.6 cm³/mol. The Labute approximate surface area is 139 Å². The molecule has 1 aromatic rings. The van der Waals surface area contributed by atoms with Gasteiger partial charge in [0.15, 0.2) is 0 Å². The molecule has 122 valence electrons. The van der Waals surface area contributed by atoms with Gasteiger partial charge in [0.1, 0.15) is 12.6 Å². The van der Waals surface area contributed by atoms with E-state index in [1.807, 2.05) is 19.1 Å². The van der Waals surface area contributed by atoms with Crippen LogP contribution >= 0.6 is 11.6 Å². The summed E-state index contributed by atoms with van der Waals surface area (Å²) in [5, 5.41) is 6.76. The first-order chi connectivity index (χ1) is 11.0. The molecule has 0 aliphatic carbocycles. The number of benzene rings is 1. The molecule has 1 heterocycles. The summed E-state index contributed by atoms with van der Waals surface area (Å²) >= 11 is 5.82. The number of carbonyl (C=O) groups is 2. The number of halogens is 1. The monoisotopic (exact) mass is 335 g/mol. The van der Waals surface area contributed by atoms with Gasteiger partial charge < -0.3 is 10.2 Å². The molecule has 2 rings (SSSR count). The highest BCUT2D eigenvalue weighted by Crippen LogP contribution is 2.23. The van der Waals surface area contributed by atoms with Gasteiger partial charge in [0.25, 0.3) is 0 Å². The largest absolute Gasteiger partial charge is 0.350 e. The first kappa shape index (κ1) is 17.1. The highest BCUT2D eigenvalue weighted by molar-refractivity contribution is 6.30. The summed E-state index contributed by atoms with van der Waals surface area (Å²) in [5.74, 6) is -0.284. The number of amides is 2. The lowest BCUT2D eigenvalue weighted by molar-refractivity contribution is -0.137. The van der Waals surface area contributed by atoms with Crippen LogP contribution in [0.25, 0.3) is 10.4 Å². The molecule has 1 aliphatic heterocycles. The molecule has 8 heteroatoms. The maximum atomic E-state index is 12.4. The van der Waals surface area contributed by atoms with Crippen LogP contribution in [-0.2, 0) is 16.1 Å². The molecule has 2 atom stereocenters. The Kier molecular flexibility index (Phi) is 5.84. The van der Waals surface area contributed by atoms with Gasteiger partial charge in [0, 0.05) is 23.0 Å². The van der Waals surface area contributed by atoms with Crippen LogP contribution in [0.15, 0.2) is 29.4 Å². The molecule has 0 bridgehead atoms. The summed E-state index contributed by atoms with van der Waals surface area (Å²) in [4.78, 5) is 28.5. The van der Waals surface area contributed by atoms with Crippen LogP contribution in [0.2, 0.25) is 5.02 Å². The maximum Gasteiger partial charge on any atom is 0.243 e. The van der Waals surface area contributed by atoms with Crippen molar-refractivity contribution < 1.29 is 9.59 Å². The Morgan fingerprint density at radius 3 is 2.78 bits per heavy atom. The van der Waals surface area contributed by atoms with Crippen LogP contribution in [0.5, 0.6) is 0 Å². The third-order valence-electron chi connectivity index (χ3n) is 3.78. The molecule has 0 saturated carbocycles. The molecule has 1 saturated heterocycles. The van der Waals surface area contributed by atoms with Gasteiger partial charge in [-0.3, -0.25) is 9.59 Å². The van der Waals surface area contributed by atoms with E-state index >= 15 is 0 Å². The van der Waals surface area contributed by atoms with Crippen molar-refractivity contribution in [3.8, 4) is 0 Å². The topological polar surface area (TPSA) is 98.2 Å². The lowest BCUT2D eigenvalue weighted by Crippen LogP contribution is -2.46. The second-order valence-electron chi connectivity index (χ2n) is 5.64. The Bertz CT molecular complexity index is 627. The molecule has 0 spiro atoms. The summed E-state index contributed by atoms with van der Waals surface area (Å²) in [6.45, 7) is 2.60. The van der Waals surface area contributed by atoms with E-state index in [1.54, 1.807) is 12.1 Å². The zero-order chi connectivity index (χ0) is 16.8. The van der Waals surface area contributed by atoms with E-state index in [-0.39, 0.29) is 24.3 Å². The smallest absolute Gasteiger partial charge is 0.243 e. The van der Waals surface area contributed by atoms with Gasteiger partial charge in [-0.25, -0.2) is 0 Å². The Balaban J connectivity index is 1.97. The van der Waals surface area contributed by atoms with Gasteiger partial charge in [0.05, 0.1) is 0 Å². The lowest BCUT2D eigenvalue weighted by atomic mass is 10.1. The molecule has 1 N–H and O–H groups in total. The average Bonchev–Trinajstić information content (AvgIpc) is 2.94. The van der Waals surface area contributed by atoms with Crippen molar-refractivity contribution in [1.82, 2.24) is 10.2 Å². The number of carbonyl (C=O) groups excluding carboxylic acids is 2. The number of likely N-dealkylation sites (tertiary alicyclic amines) is 1. The Morgan fingerprint density at radius 2 is 2.13 bits per heavy atom. The average molecular weight is 336 g/mol. The Hall–Kier alpha value is -2.24. The van der Waals surface area contributed by atoms with E-state index in [0.717, 1.165) is 5.56 Å². The third kappa shape index (κ3) is 4.61. The first-order valence-corrected chi connectivity index (χ1v) is 7.71. The molecule has 1 aromatic carbocycles. The molecule has 23 heavy (non-hydrogen) atoms. The minimum Gasteiger partial charge on any atom is -0.350 e. The number of hydrogen-bond donors (Lipinski definition) is 1. The summed E-state index contributed by atoms with van der Waals surface area (Å²) in [6, 6.07) is 6.68. The van der Waals surface area contributed by atoms with E-state index in [0.29, 0.717) is 24.5 Å². The third-order valence-corrected chi connectivity index (χ3v) is 4.03. The SMILES string of the molecule is C[C@@H]1C[C@@H](C(=O)NCc2ccc(Cl)cc2)N(C(=O)CN=[N+]=[N-])C1. The van der Waals surface area contributed by atoms with Crippen molar-refractivity contribution in [3.05, 3.63) is 45.3 Å². The zero-order valence-electron chi connectivity index (χ0n) is 12.8. The summed E-state index contributed by atoms with van der Waals surface area (Å²) in [5.41, 5.74) is 9.24. The van der Waals surface area contributed by atoms with Gasteiger partial charge in [-0.1, -0.05) is 35.8 Å². The van der Waals surface area contributed by atoms with Crippen molar-refractivity contribution in [3.63, 3.8) is 0 Å².